The van der Waals surface area contributed by atoms with Crippen molar-refractivity contribution < 1.29 is 17.6 Å². The van der Waals surface area contributed by atoms with Crippen molar-refractivity contribution in [1.82, 2.24) is 14.2 Å². The number of halogens is 2. The maximum absolute atomic E-state index is 13.7. The van der Waals surface area contributed by atoms with Crippen molar-refractivity contribution >= 4 is 54.2 Å². The van der Waals surface area contributed by atoms with Crippen LogP contribution in [0.3, 0.4) is 0 Å². The summed E-state index contributed by atoms with van der Waals surface area (Å²) in [5.41, 5.74) is 0.726. The van der Waals surface area contributed by atoms with E-state index in [9.17, 15) is 17.6 Å². The van der Waals surface area contributed by atoms with Crippen molar-refractivity contribution in [2.75, 3.05) is 38.6 Å². The third-order valence-corrected chi connectivity index (χ3v) is 8.71. The lowest BCUT2D eigenvalue weighted by Gasteiger charge is -2.29. The second-order valence-corrected chi connectivity index (χ2v) is 11.5. The Hall–Kier alpha value is -2.11. The van der Waals surface area contributed by atoms with Gasteiger partial charge in [0, 0.05) is 24.7 Å². The highest BCUT2D eigenvalue weighted by Gasteiger charge is 2.42. The SMILES string of the molecule is CN(C)CCN(C(=O)C1CCCN1S(=O)(=O)c1ccc(F)cc1)c1nc2ccc(Cl)cc2s1. The topological polar surface area (TPSA) is 73.8 Å². The maximum Gasteiger partial charge on any atom is 0.247 e. The number of carbonyl (C=O) groups excluding carboxylic acids is 1. The van der Waals surface area contributed by atoms with Gasteiger partial charge in [-0.1, -0.05) is 22.9 Å². The average molecular weight is 511 g/mol. The Labute approximate surface area is 201 Å². The summed E-state index contributed by atoms with van der Waals surface area (Å²) in [5.74, 6) is -0.834. The number of likely N-dealkylation sites (N-methyl/N-ethyl adjacent to an activating group) is 1. The van der Waals surface area contributed by atoms with Crippen LogP contribution in [-0.2, 0) is 14.8 Å². The number of benzene rings is 2. The Bertz CT molecular complexity index is 1260. The number of sulfonamides is 1. The fourth-order valence-electron chi connectivity index (χ4n) is 3.80. The first kappa shape index (κ1) is 24.0. The molecule has 3 aromatic rings. The minimum absolute atomic E-state index is 0.0296. The standard InChI is InChI=1S/C22H24ClFN4O3S2/c1-26(2)12-13-27(22-25-18-10-5-15(23)14-20(18)32-22)21(29)19-4-3-11-28(19)33(30,31)17-8-6-16(24)7-9-17/h5-10,14,19H,3-4,11-13H2,1-2H3. The van der Waals surface area contributed by atoms with Crippen LogP contribution in [-0.4, -0.2) is 68.3 Å². The number of aromatic nitrogens is 1. The van der Waals surface area contributed by atoms with Crippen LogP contribution < -0.4 is 4.90 Å². The number of hydrogen-bond donors (Lipinski definition) is 0. The van der Waals surface area contributed by atoms with Gasteiger partial charge in [-0.2, -0.15) is 4.31 Å². The smallest absolute Gasteiger partial charge is 0.247 e. The van der Waals surface area contributed by atoms with Crippen LogP contribution in [0.1, 0.15) is 12.8 Å². The maximum atomic E-state index is 13.7. The van der Waals surface area contributed by atoms with Crippen LogP contribution in [0.5, 0.6) is 0 Å². The average Bonchev–Trinajstić information content (AvgIpc) is 3.41. The molecule has 0 spiro atoms. The highest BCUT2D eigenvalue weighted by atomic mass is 35.5. The molecule has 176 valence electrons. The molecule has 4 rings (SSSR count). The van der Waals surface area contributed by atoms with Crippen molar-refractivity contribution in [2.24, 2.45) is 0 Å². The fourth-order valence-corrected chi connectivity index (χ4v) is 6.72. The predicted molar refractivity (Wildman–Crippen MR) is 129 cm³/mol. The number of amides is 1. The van der Waals surface area contributed by atoms with E-state index in [0.717, 1.165) is 22.3 Å². The third kappa shape index (κ3) is 5.04. The zero-order chi connectivity index (χ0) is 23.8. The van der Waals surface area contributed by atoms with Crippen LogP contribution >= 0.6 is 22.9 Å². The number of anilines is 1. The molecule has 1 unspecified atom stereocenters. The first-order valence-corrected chi connectivity index (χ1v) is 13.1. The quantitative estimate of drug-likeness (QED) is 0.483. The predicted octanol–water partition coefficient (Wildman–Crippen LogP) is 3.84. The molecule has 1 aliphatic heterocycles. The Balaban J connectivity index is 1.67. The van der Waals surface area contributed by atoms with Gasteiger partial charge in [0.25, 0.3) is 0 Å². The highest BCUT2D eigenvalue weighted by molar-refractivity contribution is 7.89. The van der Waals surface area contributed by atoms with Gasteiger partial charge >= 0.3 is 0 Å². The van der Waals surface area contributed by atoms with E-state index in [1.165, 1.54) is 27.8 Å². The molecular formula is C22H24ClFN4O3S2. The van der Waals surface area contributed by atoms with Crippen molar-refractivity contribution in [3.8, 4) is 0 Å². The summed E-state index contributed by atoms with van der Waals surface area (Å²) >= 11 is 7.45. The molecule has 0 N–H and O–H groups in total. The molecule has 1 saturated heterocycles. The molecule has 7 nitrogen and oxygen atoms in total. The molecular weight excluding hydrogens is 487 g/mol. The summed E-state index contributed by atoms with van der Waals surface area (Å²) in [6.07, 6.45) is 0.974. The monoisotopic (exact) mass is 510 g/mol. The minimum Gasteiger partial charge on any atom is -0.308 e. The Kier molecular flexibility index (Phi) is 7.01. The van der Waals surface area contributed by atoms with E-state index in [2.05, 4.69) is 4.98 Å². The van der Waals surface area contributed by atoms with Gasteiger partial charge in [-0.05, 0) is 69.4 Å². The molecule has 1 amide bonds. The van der Waals surface area contributed by atoms with Gasteiger partial charge in [-0.15, -0.1) is 0 Å². The largest absolute Gasteiger partial charge is 0.308 e. The molecule has 33 heavy (non-hydrogen) atoms. The first-order valence-electron chi connectivity index (χ1n) is 10.5. The second-order valence-electron chi connectivity index (χ2n) is 8.13. The third-order valence-electron chi connectivity index (χ3n) is 5.52. The highest BCUT2D eigenvalue weighted by Crippen LogP contribution is 2.33. The summed E-state index contributed by atoms with van der Waals surface area (Å²) in [6, 6.07) is 9.16. The summed E-state index contributed by atoms with van der Waals surface area (Å²) < 4.78 is 41.9. The van der Waals surface area contributed by atoms with Crippen LogP contribution in [0, 0.1) is 5.82 Å². The molecule has 2 aromatic carbocycles. The normalized spacial score (nSPS) is 17.2. The number of thiazole rings is 1. The molecule has 1 aliphatic rings. The van der Waals surface area contributed by atoms with Crippen molar-refractivity contribution in [2.45, 2.75) is 23.8 Å². The van der Waals surface area contributed by atoms with E-state index in [1.54, 1.807) is 23.1 Å². The number of carbonyl (C=O) groups is 1. The second kappa shape index (κ2) is 9.63. The van der Waals surface area contributed by atoms with Gasteiger partial charge in [0.1, 0.15) is 11.9 Å². The van der Waals surface area contributed by atoms with Gasteiger partial charge in [-0.25, -0.2) is 17.8 Å². The van der Waals surface area contributed by atoms with Crippen molar-refractivity contribution in [3.63, 3.8) is 0 Å². The van der Waals surface area contributed by atoms with E-state index >= 15 is 0 Å². The molecule has 1 aromatic heterocycles. The molecule has 2 heterocycles. The Morgan fingerprint density at radius 1 is 1.21 bits per heavy atom. The molecule has 0 saturated carbocycles. The molecule has 1 fully saturated rings. The summed E-state index contributed by atoms with van der Waals surface area (Å²) in [7, 11) is -0.144. The summed E-state index contributed by atoms with van der Waals surface area (Å²) in [5, 5.41) is 1.08. The van der Waals surface area contributed by atoms with E-state index in [4.69, 9.17) is 11.6 Å². The van der Waals surface area contributed by atoms with Crippen LogP contribution in [0.4, 0.5) is 9.52 Å². The number of hydrogen-bond acceptors (Lipinski definition) is 6. The number of rotatable bonds is 7. The molecule has 0 bridgehead atoms. The fraction of sp³-hybridized carbons (Fsp3) is 0.364. The van der Waals surface area contributed by atoms with Gasteiger partial charge in [0.2, 0.25) is 15.9 Å². The lowest BCUT2D eigenvalue weighted by atomic mass is 10.2. The lowest BCUT2D eigenvalue weighted by Crippen LogP contribution is -2.49. The van der Waals surface area contributed by atoms with E-state index in [0.29, 0.717) is 36.1 Å². The van der Waals surface area contributed by atoms with E-state index < -0.39 is 21.9 Å². The van der Waals surface area contributed by atoms with Gasteiger partial charge in [0.15, 0.2) is 5.13 Å². The lowest BCUT2D eigenvalue weighted by molar-refractivity contribution is -0.121. The molecule has 11 heteroatoms. The van der Waals surface area contributed by atoms with Gasteiger partial charge in [0.05, 0.1) is 15.1 Å². The summed E-state index contributed by atoms with van der Waals surface area (Å²) in [4.78, 5) is 21.8. The van der Waals surface area contributed by atoms with Crippen LogP contribution in [0.25, 0.3) is 10.2 Å². The molecule has 1 atom stereocenters. The molecule has 0 aliphatic carbocycles. The van der Waals surface area contributed by atoms with Crippen molar-refractivity contribution in [3.05, 3.63) is 53.3 Å². The van der Waals surface area contributed by atoms with Gasteiger partial charge < -0.3 is 4.90 Å². The van der Waals surface area contributed by atoms with Crippen LogP contribution in [0.2, 0.25) is 5.02 Å². The zero-order valence-electron chi connectivity index (χ0n) is 18.2. The minimum atomic E-state index is -3.95. The zero-order valence-corrected chi connectivity index (χ0v) is 20.6. The summed E-state index contributed by atoms with van der Waals surface area (Å²) in [6.45, 7) is 1.17. The van der Waals surface area contributed by atoms with E-state index in [-0.39, 0.29) is 17.3 Å². The Morgan fingerprint density at radius 3 is 2.64 bits per heavy atom. The number of nitrogens with zero attached hydrogens (tertiary/aromatic N) is 4. The Morgan fingerprint density at radius 2 is 1.94 bits per heavy atom. The van der Waals surface area contributed by atoms with Crippen molar-refractivity contribution in [1.29, 1.82) is 0 Å². The van der Waals surface area contributed by atoms with Crippen LogP contribution in [0.15, 0.2) is 47.4 Å². The first-order chi connectivity index (χ1) is 15.7. The molecule has 0 radical (unpaired) electrons. The van der Waals surface area contributed by atoms with E-state index in [1.807, 2.05) is 19.0 Å². The number of fused-ring (bicyclic) bond motifs is 1. The van der Waals surface area contributed by atoms with Gasteiger partial charge in [-0.3, -0.25) is 9.69 Å².